The van der Waals surface area contributed by atoms with Crippen molar-refractivity contribution in [2.45, 2.75) is 47.5 Å². The molecule has 0 aliphatic rings. The Bertz CT molecular complexity index is 147. The Hall–Kier alpha value is -0.0800. The van der Waals surface area contributed by atoms with Crippen molar-refractivity contribution in [1.29, 1.82) is 0 Å². The lowest BCUT2D eigenvalue weighted by Gasteiger charge is -2.28. The second-order valence-electron chi connectivity index (χ2n) is 6.15. The third kappa shape index (κ3) is 10.2. The predicted octanol–water partition coefficient (Wildman–Crippen LogP) is 2.73. The summed E-state index contributed by atoms with van der Waals surface area (Å²) < 4.78 is 0. The van der Waals surface area contributed by atoms with Gasteiger partial charge in [-0.2, -0.15) is 0 Å². The second kappa shape index (κ2) is 7.24. The SMILES string of the molecule is CC(C)CN(CCCN)CCC(C)(C)C. The molecule has 15 heavy (non-hydrogen) atoms. The van der Waals surface area contributed by atoms with Crippen LogP contribution in [0.15, 0.2) is 0 Å². The number of hydrogen-bond donors (Lipinski definition) is 1. The van der Waals surface area contributed by atoms with E-state index in [2.05, 4.69) is 39.5 Å². The first-order valence-corrected chi connectivity index (χ1v) is 6.27. The molecule has 0 heterocycles. The van der Waals surface area contributed by atoms with E-state index in [0.29, 0.717) is 5.41 Å². The minimum atomic E-state index is 0.442. The van der Waals surface area contributed by atoms with Crippen LogP contribution in [0.4, 0.5) is 0 Å². The van der Waals surface area contributed by atoms with E-state index >= 15 is 0 Å². The first-order chi connectivity index (χ1) is 6.85. The summed E-state index contributed by atoms with van der Waals surface area (Å²) in [4.78, 5) is 2.56. The van der Waals surface area contributed by atoms with Crippen molar-refractivity contribution in [2.75, 3.05) is 26.2 Å². The molecular weight excluding hydrogens is 184 g/mol. The van der Waals surface area contributed by atoms with Gasteiger partial charge in [-0.05, 0) is 43.8 Å². The molecule has 0 radical (unpaired) electrons. The van der Waals surface area contributed by atoms with Crippen molar-refractivity contribution in [3.05, 3.63) is 0 Å². The molecule has 0 unspecified atom stereocenters. The highest BCUT2D eigenvalue weighted by molar-refractivity contribution is 4.67. The second-order valence-corrected chi connectivity index (χ2v) is 6.15. The fourth-order valence-corrected chi connectivity index (χ4v) is 1.62. The fourth-order valence-electron chi connectivity index (χ4n) is 1.62. The van der Waals surface area contributed by atoms with Crippen LogP contribution in [0.2, 0.25) is 0 Å². The maximum Gasteiger partial charge on any atom is 0.000440 e. The summed E-state index contributed by atoms with van der Waals surface area (Å²) in [7, 11) is 0. The van der Waals surface area contributed by atoms with Gasteiger partial charge in [-0.1, -0.05) is 34.6 Å². The van der Waals surface area contributed by atoms with Gasteiger partial charge >= 0.3 is 0 Å². The lowest BCUT2D eigenvalue weighted by atomic mass is 9.92. The minimum Gasteiger partial charge on any atom is -0.330 e. The molecule has 0 fully saturated rings. The van der Waals surface area contributed by atoms with Gasteiger partial charge in [0, 0.05) is 6.54 Å². The zero-order valence-electron chi connectivity index (χ0n) is 11.3. The highest BCUT2D eigenvalue weighted by atomic mass is 15.1. The van der Waals surface area contributed by atoms with Crippen LogP contribution in [-0.2, 0) is 0 Å². The molecular formula is C13H30N2. The van der Waals surface area contributed by atoms with Crippen LogP contribution in [0.3, 0.4) is 0 Å². The summed E-state index contributed by atoms with van der Waals surface area (Å²) in [5, 5.41) is 0. The number of rotatable bonds is 7. The third-order valence-corrected chi connectivity index (χ3v) is 2.48. The van der Waals surface area contributed by atoms with E-state index in [9.17, 15) is 0 Å². The highest BCUT2D eigenvalue weighted by Gasteiger charge is 2.13. The molecule has 2 nitrogen and oxygen atoms in total. The quantitative estimate of drug-likeness (QED) is 0.706. The van der Waals surface area contributed by atoms with Crippen LogP contribution in [0.1, 0.15) is 47.5 Å². The topological polar surface area (TPSA) is 29.3 Å². The first kappa shape index (κ1) is 14.9. The highest BCUT2D eigenvalue weighted by Crippen LogP contribution is 2.19. The molecule has 0 saturated carbocycles. The van der Waals surface area contributed by atoms with Crippen molar-refractivity contribution < 1.29 is 0 Å². The van der Waals surface area contributed by atoms with Gasteiger partial charge in [0.2, 0.25) is 0 Å². The maximum atomic E-state index is 5.56. The molecule has 0 aromatic carbocycles. The van der Waals surface area contributed by atoms with Gasteiger partial charge in [-0.25, -0.2) is 0 Å². The Labute approximate surface area is 96.2 Å². The molecule has 0 atom stereocenters. The van der Waals surface area contributed by atoms with Crippen molar-refractivity contribution in [3.63, 3.8) is 0 Å². The average molecular weight is 214 g/mol. The minimum absolute atomic E-state index is 0.442. The molecule has 92 valence electrons. The molecule has 0 bridgehead atoms. The molecule has 0 aliphatic heterocycles. The van der Waals surface area contributed by atoms with Crippen LogP contribution in [0, 0.1) is 11.3 Å². The van der Waals surface area contributed by atoms with Crippen LogP contribution in [-0.4, -0.2) is 31.1 Å². The predicted molar refractivity (Wildman–Crippen MR) is 69.0 cm³/mol. The molecule has 0 saturated heterocycles. The monoisotopic (exact) mass is 214 g/mol. The Morgan fingerprint density at radius 2 is 1.73 bits per heavy atom. The van der Waals surface area contributed by atoms with Crippen molar-refractivity contribution in [3.8, 4) is 0 Å². The standard InChI is InChI=1S/C13H30N2/c1-12(2)11-15(9-6-8-14)10-7-13(3,4)5/h12H,6-11,14H2,1-5H3. The molecule has 0 aromatic heterocycles. The van der Waals surface area contributed by atoms with E-state index in [0.717, 1.165) is 25.4 Å². The van der Waals surface area contributed by atoms with Gasteiger partial charge in [-0.3, -0.25) is 0 Å². The summed E-state index contributed by atoms with van der Waals surface area (Å²) in [5.74, 6) is 0.753. The van der Waals surface area contributed by atoms with E-state index in [1.807, 2.05) is 0 Å². The van der Waals surface area contributed by atoms with Crippen LogP contribution < -0.4 is 5.73 Å². The summed E-state index contributed by atoms with van der Waals surface area (Å²) in [6, 6.07) is 0. The van der Waals surface area contributed by atoms with Gasteiger partial charge in [0.1, 0.15) is 0 Å². The Kier molecular flexibility index (Phi) is 7.20. The van der Waals surface area contributed by atoms with Gasteiger partial charge < -0.3 is 10.6 Å². The molecule has 0 rings (SSSR count). The zero-order chi connectivity index (χ0) is 11.9. The van der Waals surface area contributed by atoms with Crippen LogP contribution in [0.25, 0.3) is 0 Å². The van der Waals surface area contributed by atoms with Crippen molar-refractivity contribution >= 4 is 0 Å². The van der Waals surface area contributed by atoms with Crippen molar-refractivity contribution in [1.82, 2.24) is 4.90 Å². The van der Waals surface area contributed by atoms with Gasteiger partial charge in [0.25, 0.3) is 0 Å². The summed E-state index contributed by atoms with van der Waals surface area (Å²) >= 11 is 0. The molecule has 2 heteroatoms. The Morgan fingerprint density at radius 3 is 2.13 bits per heavy atom. The Balaban J connectivity index is 3.89. The van der Waals surface area contributed by atoms with E-state index in [1.165, 1.54) is 19.5 Å². The third-order valence-electron chi connectivity index (χ3n) is 2.48. The van der Waals surface area contributed by atoms with Gasteiger partial charge in [-0.15, -0.1) is 0 Å². The van der Waals surface area contributed by atoms with E-state index in [-0.39, 0.29) is 0 Å². The zero-order valence-corrected chi connectivity index (χ0v) is 11.3. The molecule has 0 aliphatic carbocycles. The summed E-state index contributed by atoms with van der Waals surface area (Å²) in [5.41, 5.74) is 6.01. The molecule has 2 N–H and O–H groups in total. The van der Waals surface area contributed by atoms with E-state index in [4.69, 9.17) is 5.73 Å². The number of nitrogens with zero attached hydrogens (tertiary/aromatic N) is 1. The van der Waals surface area contributed by atoms with Crippen molar-refractivity contribution in [2.24, 2.45) is 17.1 Å². The lowest BCUT2D eigenvalue weighted by molar-refractivity contribution is 0.207. The average Bonchev–Trinajstić information content (AvgIpc) is 2.07. The summed E-state index contributed by atoms with van der Waals surface area (Å²) in [6.07, 6.45) is 2.39. The summed E-state index contributed by atoms with van der Waals surface area (Å²) in [6.45, 7) is 15.9. The van der Waals surface area contributed by atoms with Crippen LogP contribution >= 0.6 is 0 Å². The maximum absolute atomic E-state index is 5.56. The normalized spacial score (nSPS) is 12.8. The number of hydrogen-bond acceptors (Lipinski definition) is 2. The van der Waals surface area contributed by atoms with E-state index in [1.54, 1.807) is 0 Å². The molecule has 0 spiro atoms. The van der Waals surface area contributed by atoms with Gasteiger partial charge in [0.15, 0.2) is 0 Å². The lowest BCUT2D eigenvalue weighted by Crippen LogP contribution is -2.32. The largest absolute Gasteiger partial charge is 0.330 e. The number of nitrogens with two attached hydrogens (primary N) is 1. The smallest absolute Gasteiger partial charge is 0.000440 e. The Morgan fingerprint density at radius 1 is 1.13 bits per heavy atom. The van der Waals surface area contributed by atoms with E-state index < -0.39 is 0 Å². The van der Waals surface area contributed by atoms with Gasteiger partial charge in [0.05, 0.1) is 0 Å². The fraction of sp³-hybridized carbons (Fsp3) is 1.00. The first-order valence-electron chi connectivity index (χ1n) is 6.27. The van der Waals surface area contributed by atoms with Crippen LogP contribution in [0.5, 0.6) is 0 Å². The molecule has 0 amide bonds. The molecule has 0 aromatic rings.